The van der Waals surface area contributed by atoms with Gasteiger partial charge in [0.05, 0.1) is 12.5 Å². The molecule has 3 heteroatoms. The van der Waals surface area contributed by atoms with Crippen LogP contribution in [0.5, 0.6) is 0 Å². The molecule has 0 aliphatic heterocycles. The molecule has 0 heterocycles. The molecular formula is C18H20ClNO. The SMILES string of the molecule is Cc1ccc(C)c([C@H](C)NC(=O)Cc2cccc(Cl)c2)c1. The molecule has 0 aromatic heterocycles. The average Bonchev–Trinajstić information content (AvgIpc) is 2.41. The maximum Gasteiger partial charge on any atom is 0.224 e. The lowest BCUT2D eigenvalue weighted by Crippen LogP contribution is -2.28. The third-order valence-electron chi connectivity index (χ3n) is 3.53. The summed E-state index contributed by atoms with van der Waals surface area (Å²) >= 11 is 5.94. The van der Waals surface area contributed by atoms with Gasteiger partial charge in [-0.3, -0.25) is 4.79 Å². The minimum absolute atomic E-state index is 0.00316. The highest BCUT2D eigenvalue weighted by Gasteiger charge is 2.12. The zero-order valence-electron chi connectivity index (χ0n) is 12.6. The lowest BCUT2D eigenvalue weighted by molar-refractivity contribution is -0.121. The molecule has 110 valence electrons. The van der Waals surface area contributed by atoms with E-state index in [0.717, 1.165) is 11.1 Å². The number of rotatable bonds is 4. The van der Waals surface area contributed by atoms with Gasteiger partial charge in [-0.05, 0) is 49.6 Å². The summed E-state index contributed by atoms with van der Waals surface area (Å²) in [4.78, 5) is 12.1. The lowest BCUT2D eigenvalue weighted by Gasteiger charge is -2.17. The Morgan fingerprint density at radius 2 is 1.95 bits per heavy atom. The second kappa shape index (κ2) is 6.77. The average molecular weight is 302 g/mol. The Hall–Kier alpha value is -1.80. The number of hydrogen-bond acceptors (Lipinski definition) is 1. The molecule has 0 saturated carbocycles. The molecule has 0 aliphatic carbocycles. The number of carbonyl (C=O) groups is 1. The van der Waals surface area contributed by atoms with E-state index in [2.05, 4.69) is 37.4 Å². The number of halogens is 1. The molecule has 0 aliphatic rings. The molecule has 1 atom stereocenters. The maximum absolute atomic E-state index is 12.1. The fourth-order valence-corrected chi connectivity index (χ4v) is 2.64. The van der Waals surface area contributed by atoms with Crippen molar-refractivity contribution >= 4 is 17.5 Å². The highest BCUT2D eigenvalue weighted by Crippen LogP contribution is 2.19. The van der Waals surface area contributed by atoms with Crippen LogP contribution >= 0.6 is 11.6 Å². The van der Waals surface area contributed by atoms with E-state index in [1.165, 1.54) is 11.1 Å². The standard InChI is InChI=1S/C18H20ClNO/c1-12-7-8-13(2)17(9-12)14(3)20-18(21)11-15-5-4-6-16(19)10-15/h4-10,14H,11H2,1-3H3,(H,20,21)/t14-/m0/s1. The zero-order valence-corrected chi connectivity index (χ0v) is 13.4. The molecule has 2 rings (SSSR count). The van der Waals surface area contributed by atoms with Crippen LogP contribution in [-0.2, 0) is 11.2 Å². The summed E-state index contributed by atoms with van der Waals surface area (Å²) < 4.78 is 0. The van der Waals surface area contributed by atoms with E-state index in [-0.39, 0.29) is 11.9 Å². The van der Waals surface area contributed by atoms with Gasteiger partial charge in [-0.2, -0.15) is 0 Å². The van der Waals surface area contributed by atoms with E-state index in [1.807, 2.05) is 31.2 Å². The first-order valence-corrected chi connectivity index (χ1v) is 7.44. The summed E-state index contributed by atoms with van der Waals surface area (Å²) in [7, 11) is 0. The lowest BCUT2D eigenvalue weighted by atomic mass is 10.00. The predicted molar refractivity (Wildman–Crippen MR) is 87.6 cm³/mol. The van der Waals surface area contributed by atoms with E-state index in [0.29, 0.717) is 11.4 Å². The summed E-state index contributed by atoms with van der Waals surface area (Å²) in [6.07, 6.45) is 0.343. The Kier molecular flexibility index (Phi) is 5.03. The Morgan fingerprint density at radius 1 is 1.19 bits per heavy atom. The van der Waals surface area contributed by atoms with Crippen molar-refractivity contribution in [3.8, 4) is 0 Å². The van der Waals surface area contributed by atoms with Gasteiger partial charge in [0.25, 0.3) is 0 Å². The molecule has 0 fully saturated rings. The first kappa shape index (κ1) is 15.6. The molecule has 21 heavy (non-hydrogen) atoms. The van der Waals surface area contributed by atoms with Crippen LogP contribution in [0.25, 0.3) is 0 Å². The summed E-state index contributed by atoms with van der Waals surface area (Å²) in [6, 6.07) is 13.7. The van der Waals surface area contributed by atoms with Crippen molar-refractivity contribution in [1.29, 1.82) is 0 Å². The Bertz CT molecular complexity index is 651. The molecule has 0 saturated heterocycles. The van der Waals surface area contributed by atoms with Gasteiger partial charge in [-0.25, -0.2) is 0 Å². The van der Waals surface area contributed by atoms with E-state index in [9.17, 15) is 4.79 Å². The van der Waals surface area contributed by atoms with Gasteiger partial charge in [0, 0.05) is 5.02 Å². The Labute approximate surface area is 131 Å². The van der Waals surface area contributed by atoms with E-state index in [4.69, 9.17) is 11.6 Å². The molecule has 2 aromatic rings. The second-order valence-electron chi connectivity index (χ2n) is 5.46. The quantitative estimate of drug-likeness (QED) is 0.892. The second-order valence-corrected chi connectivity index (χ2v) is 5.89. The molecule has 0 radical (unpaired) electrons. The van der Waals surface area contributed by atoms with E-state index >= 15 is 0 Å². The number of amides is 1. The van der Waals surface area contributed by atoms with Crippen molar-refractivity contribution < 1.29 is 4.79 Å². The van der Waals surface area contributed by atoms with Crippen LogP contribution < -0.4 is 5.32 Å². The first-order valence-electron chi connectivity index (χ1n) is 7.06. The topological polar surface area (TPSA) is 29.1 Å². The largest absolute Gasteiger partial charge is 0.349 e. The molecule has 2 nitrogen and oxygen atoms in total. The molecule has 0 unspecified atom stereocenters. The van der Waals surface area contributed by atoms with Crippen LogP contribution in [0.4, 0.5) is 0 Å². The van der Waals surface area contributed by atoms with Gasteiger partial charge in [0.1, 0.15) is 0 Å². The van der Waals surface area contributed by atoms with Crippen molar-refractivity contribution in [3.63, 3.8) is 0 Å². The van der Waals surface area contributed by atoms with Crippen molar-refractivity contribution in [3.05, 3.63) is 69.7 Å². The zero-order chi connectivity index (χ0) is 15.4. The van der Waals surface area contributed by atoms with E-state index < -0.39 is 0 Å². The molecule has 2 aromatic carbocycles. The highest BCUT2D eigenvalue weighted by molar-refractivity contribution is 6.30. The van der Waals surface area contributed by atoms with Gasteiger partial charge in [-0.1, -0.05) is 47.5 Å². The normalized spacial score (nSPS) is 12.0. The number of nitrogens with one attached hydrogen (secondary N) is 1. The van der Waals surface area contributed by atoms with Crippen LogP contribution in [0.2, 0.25) is 5.02 Å². The highest BCUT2D eigenvalue weighted by atomic mass is 35.5. The van der Waals surface area contributed by atoms with Gasteiger partial charge >= 0.3 is 0 Å². The fraction of sp³-hybridized carbons (Fsp3) is 0.278. The number of hydrogen-bond donors (Lipinski definition) is 1. The van der Waals surface area contributed by atoms with Gasteiger partial charge in [0.2, 0.25) is 5.91 Å². The summed E-state index contributed by atoms with van der Waals surface area (Å²) in [5, 5.41) is 3.71. The number of carbonyl (C=O) groups excluding carboxylic acids is 1. The molecule has 1 N–H and O–H groups in total. The molecule has 1 amide bonds. The van der Waals surface area contributed by atoms with Crippen LogP contribution in [0.15, 0.2) is 42.5 Å². The molecule has 0 spiro atoms. The summed E-state index contributed by atoms with van der Waals surface area (Å²) in [5.74, 6) is 0.00525. The maximum atomic E-state index is 12.1. The third kappa shape index (κ3) is 4.33. The van der Waals surface area contributed by atoms with Crippen molar-refractivity contribution in [2.45, 2.75) is 33.2 Å². The van der Waals surface area contributed by atoms with Crippen LogP contribution in [0, 0.1) is 13.8 Å². The smallest absolute Gasteiger partial charge is 0.224 e. The summed E-state index contributed by atoms with van der Waals surface area (Å²) in [5.41, 5.74) is 4.48. The van der Waals surface area contributed by atoms with Gasteiger partial charge in [-0.15, -0.1) is 0 Å². The minimum atomic E-state index is -0.00316. The first-order chi connectivity index (χ1) is 9.95. The van der Waals surface area contributed by atoms with Crippen LogP contribution in [0.3, 0.4) is 0 Å². The monoisotopic (exact) mass is 301 g/mol. The van der Waals surface area contributed by atoms with Gasteiger partial charge in [0.15, 0.2) is 0 Å². The van der Waals surface area contributed by atoms with Crippen molar-refractivity contribution in [2.24, 2.45) is 0 Å². The predicted octanol–water partition coefficient (Wildman–Crippen LogP) is 4.38. The van der Waals surface area contributed by atoms with Gasteiger partial charge < -0.3 is 5.32 Å². The summed E-state index contributed by atoms with van der Waals surface area (Å²) in [6.45, 7) is 6.13. The Morgan fingerprint density at radius 3 is 2.67 bits per heavy atom. The molecule has 0 bridgehead atoms. The number of benzene rings is 2. The minimum Gasteiger partial charge on any atom is -0.349 e. The fourth-order valence-electron chi connectivity index (χ4n) is 2.43. The third-order valence-corrected chi connectivity index (χ3v) is 3.77. The van der Waals surface area contributed by atoms with Crippen molar-refractivity contribution in [1.82, 2.24) is 5.32 Å². The van der Waals surface area contributed by atoms with Crippen LogP contribution in [0.1, 0.15) is 35.2 Å². The van der Waals surface area contributed by atoms with E-state index in [1.54, 1.807) is 0 Å². The van der Waals surface area contributed by atoms with Crippen molar-refractivity contribution in [2.75, 3.05) is 0 Å². The molecular weight excluding hydrogens is 282 g/mol. The number of aryl methyl sites for hydroxylation is 2. The Balaban J connectivity index is 2.03. The van der Waals surface area contributed by atoms with Crippen LogP contribution in [-0.4, -0.2) is 5.91 Å².